The second-order valence-electron chi connectivity index (χ2n) is 7.36. The number of nitrogens with zero attached hydrogens (tertiary/aromatic N) is 2. The monoisotopic (exact) mass is 471 g/mol. The number of sulfonamides is 1. The van der Waals surface area contributed by atoms with Crippen LogP contribution in [0.1, 0.15) is 12.5 Å². The molecule has 0 fully saturated rings. The number of ether oxygens (including phenoxy) is 1. The lowest BCUT2D eigenvalue weighted by Gasteiger charge is -2.24. The van der Waals surface area contributed by atoms with Crippen molar-refractivity contribution in [3.05, 3.63) is 78.4 Å². The van der Waals surface area contributed by atoms with E-state index in [1.807, 2.05) is 13.8 Å². The van der Waals surface area contributed by atoms with Crippen molar-refractivity contribution < 1.29 is 22.3 Å². The van der Waals surface area contributed by atoms with Crippen LogP contribution in [0.3, 0.4) is 0 Å². The summed E-state index contributed by atoms with van der Waals surface area (Å²) < 4.78 is 47.0. The van der Waals surface area contributed by atoms with Crippen molar-refractivity contribution >= 4 is 27.8 Å². The SMILES string of the molecule is CCOc1ccc(S(=O)(=O)N(CC(=O)N/N=C\C2C=CC=CC2F)c2ccc(C)cc2)cc1. The summed E-state index contributed by atoms with van der Waals surface area (Å²) in [5.41, 5.74) is 3.57. The summed E-state index contributed by atoms with van der Waals surface area (Å²) in [6, 6.07) is 12.8. The van der Waals surface area contributed by atoms with E-state index in [0.29, 0.717) is 18.0 Å². The maximum absolute atomic E-state index is 13.8. The lowest BCUT2D eigenvalue weighted by Crippen LogP contribution is -2.39. The standard InChI is InChI=1S/C24H26FN3O4S/c1-3-32-21-12-14-22(15-13-21)33(30,31)28(20-10-8-18(2)9-11-20)17-24(29)27-26-16-19-6-4-5-7-23(19)25/h4-16,19,23H,3,17H2,1-2H3,(H,27,29)/b26-16-. The molecule has 0 heterocycles. The molecule has 1 aliphatic carbocycles. The van der Waals surface area contributed by atoms with Crippen LogP contribution in [-0.2, 0) is 14.8 Å². The zero-order valence-electron chi connectivity index (χ0n) is 18.4. The van der Waals surface area contributed by atoms with Gasteiger partial charge in [0.15, 0.2) is 0 Å². The zero-order valence-corrected chi connectivity index (χ0v) is 19.2. The third-order valence-corrected chi connectivity index (χ3v) is 6.66. The molecule has 0 spiro atoms. The largest absolute Gasteiger partial charge is 0.494 e. The molecule has 2 aromatic rings. The van der Waals surface area contributed by atoms with E-state index in [2.05, 4.69) is 10.5 Å². The Morgan fingerprint density at radius 2 is 1.79 bits per heavy atom. The fourth-order valence-corrected chi connectivity index (χ4v) is 4.54. The van der Waals surface area contributed by atoms with Crippen LogP contribution < -0.4 is 14.5 Å². The average Bonchev–Trinajstić information content (AvgIpc) is 2.80. The minimum absolute atomic E-state index is 0.0160. The minimum Gasteiger partial charge on any atom is -0.494 e. The molecule has 2 unspecified atom stereocenters. The number of carbonyl (C=O) groups excluding carboxylic acids is 1. The van der Waals surface area contributed by atoms with Crippen LogP contribution in [0.4, 0.5) is 10.1 Å². The number of alkyl halides is 1. The van der Waals surface area contributed by atoms with E-state index in [-0.39, 0.29) is 4.90 Å². The maximum Gasteiger partial charge on any atom is 0.264 e. The summed E-state index contributed by atoms with van der Waals surface area (Å²) in [6.45, 7) is 3.66. The molecular formula is C24H26FN3O4S. The van der Waals surface area contributed by atoms with Gasteiger partial charge in [0.25, 0.3) is 15.9 Å². The van der Waals surface area contributed by atoms with Gasteiger partial charge in [-0.3, -0.25) is 9.10 Å². The number of hydrazone groups is 1. The Labute approximate surface area is 193 Å². The fraction of sp³-hybridized carbons (Fsp3) is 0.250. The Hall–Kier alpha value is -3.46. The molecule has 2 atom stereocenters. The van der Waals surface area contributed by atoms with Gasteiger partial charge in [0, 0.05) is 12.1 Å². The van der Waals surface area contributed by atoms with E-state index in [0.717, 1.165) is 9.87 Å². The number of aryl methyl sites for hydroxylation is 1. The summed E-state index contributed by atoms with van der Waals surface area (Å²) in [7, 11) is -4.06. The smallest absolute Gasteiger partial charge is 0.264 e. The Balaban J connectivity index is 1.80. The molecule has 0 bridgehead atoms. The topological polar surface area (TPSA) is 88.1 Å². The van der Waals surface area contributed by atoms with Gasteiger partial charge >= 0.3 is 0 Å². The Morgan fingerprint density at radius 1 is 1.12 bits per heavy atom. The van der Waals surface area contributed by atoms with E-state index in [9.17, 15) is 17.6 Å². The number of halogens is 1. The highest BCUT2D eigenvalue weighted by Crippen LogP contribution is 2.25. The highest BCUT2D eigenvalue weighted by Gasteiger charge is 2.27. The number of benzene rings is 2. The number of amides is 1. The molecule has 1 aliphatic rings. The summed E-state index contributed by atoms with van der Waals surface area (Å²) >= 11 is 0. The highest BCUT2D eigenvalue weighted by molar-refractivity contribution is 7.92. The number of nitrogens with one attached hydrogen (secondary N) is 1. The molecule has 1 N–H and O–H groups in total. The third-order valence-electron chi connectivity index (χ3n) is 4.87. The van der Waals surface area contributed by atoms with Gasteiger partial charge in [-0.1, -0.05) is 35.9 Å². The molecule has 0 saturated carbocycles. The van der Waals surface area contributed by atoms with E-state index in [4.69, 9.17) is 4.74 Å². The molecule has 9 heteroatoms. The molecule has 33 heavy (non-hydrogen) atoms. The Morgan fingerprint density at radius 3 is 2.42 bits per heavy atom. The van der Waals surface area contributed by atoms with Crippen LogP contribution in [0.15, 0.2) is 82.8 Å². The van der Waals surface area contributed by atoms with Crippen molar-refractivity contribution in [2.75, 3.05) is 17.5 Å². The lowest BCUT2D eigenvalue weighted by atomic mass is 10.0. The molecule has 2 aromatic carbocycles. The van der Waals surface area contributed by atoms with Gasteiger partial charge in [-0.25, -0.2) is 18.2 Å². The summed E-state index contributed by atoms with van der Waals surface area (Å²) in [5.74, 6) is -0.716. The summed E-state index contributed by atoms with van der Waals surface area (Å²) in [5, 5.41) is 3.81. The minimum atomic E-state index is -4.06. The van der Waals surface area contributed by atoms with Gasteiger partial charge in [-0.2, -0.15) is 5.10 Å². The molecular weight excluding hydrogens is 445 g/mol. The van der Waals surface area contributed by atoms with Crippen molar-refractivity contribution in [3.8, 4) is 5.75 Å². The molecule has 0 aliphatic heterocycles. The van der Waals surface area contributed by atoms with Crippen molar-refractivity contribution in [2.45, 2.75) is 24.9 Å². The van der Waals surface area contributed by atoms with Crippen LogP contribution in [0.25, 0.3) is 0 Å². The Kier molecular flexibility index (Phi) is 8.00. The second kappa shape index (κ2) is 10.9. The van der Waals surface area contributed by atoms with Gasteiger partial charge in [0.1, 0.15) is 18.5 Å². The second-order valence-corrected chi connectivity index (χ2v) is 9.22. The molecule has 3 rings (SSSR count). The predicted molar refractivity (Wildman–Crippen MR) is 127 cm³/mol. The number of hydrogen-bond acceptors (Lipinski definition) is 5. The van der Waals surface area contributed by atoms with E-state index in [1.165, 1.54) is 24.4 Å². The van der Waals surface area contributed by atoms with Crippen LogP contribution >= 0.6 is 0 Å². The first kappa shape index (κ1) is 24.2. The fourth-order valence-electron chi connectivity index (χ4n) is 3.12. The van der Waals surface area contributed by atoms with Gasteiger partial charge in [0.05, 0.1) is 17.2 Å². The van der Waals surface area contributed by atoms with Gasteiger partial charge in [-0.15, -0.1) is 0 Å². The number of anilines is 1. The van der Waals surface area contributed by atoms with Crippen LogP contribution in [0.5, 0.6) is 5.75 Å². The van der Waals surface area contributed by atoms with Crippen LogP contribution in [0.2, 0.25) is 0 Å². The first-order valence-electron chi connectivity index (χ1n) is 10.4. The quantitative estimate of drug-likeness (QED) is 0.445. The molecule has 0 aromatic heterocycles. The van der Waals surface area contributed by atoms with E-state index < -0.39 is 34.6 Å². The molecule has 1 amide bonds. The van der Waals surface area contributed by atoms with Crippen LogP contribution in [0, 0.1) is 12.8 Å². The summed E-state index contributed by atoms with van der Waals surface area (Å²) in [6.07, 6.45) is 6.34. The van der Waals surface area contributed by atoms with E-state index in [1.54, 1.807) is 54.6 Å². The van der Waals surface area contributed by atoms with Crippen molar-refractivity contribution in [2.24, 2.45) is 11.0 Å². The van der Waals surface area contributed by atoms with Crippen LogP contribution in [-0.4, -0.2) is 39.9 Å². The number of hydrogen-bond donors (Lipinski definition) is 1. The molecule has 0 saturated heterocycles. The lowest BCUT2D eigenvalue weighted by molar-refractivity contribution is -0.119. The Bertz CT molecular complexity index is 1140. The summed E-state index contributed by atoms with van der Waals surface area (Å²) in [4.78, 5) is 12.6. The zero-order chi connectivity index (χ0) is 23.8. The first-order valence-corrected chi connectivity index (χ1v) is 11.9. The molecule has 7 nitrogen and oxygen atoms in total. The molecule has 174 valence electrons. The van der Waals surface area contributed by atoms with E-state index >= 15 is 0 Å². The molecule has 0 radical (unpaired) electrons. The number of carbonyl (C=O) groups is 1. The van der Waals surface area contributed by atoms with Gasteiger partial charge in [0.2, 0.25) is 0 Å². The van der Waals surface area contributed by atoms with Gasteiger partial charge in [-0.05, 0) is 56.3 Å². The van der Waals surface area contributed by atoms with Crippen molar-refractivity contribution in [1.29, 1.82) is 0 Å². The van der Waals surface area contributed by atoms with Gasteiger partial charge < -0.3 is 4.74 Å². The highest BCUT2D eigenvalue weighted by atomic mass is 32.2. The average molecular weight is 472 g/mol. The number of allylic oxidation sites excluding steroid dienone is 4. The van der Waals surface area contributed by atoms with Crippen molar-refractivity contribution in [1.82, 2.24) is 5.43 Å². The maximum atomic E-state index is 13.8. The third kappa shape index (κ3) is 6.29. The predicted octanol–water partition coefficient (Wildman–Crippen LogP) is 3.77. The van der Waals surface area contributed by atoms with Crippen molar-refractivity contribution in [3.63, 3.8) is 0 Å². The first-order chi connectivity index (χ1) is 15.8. The normalized spacial score (nSPS) is 17.8. The number of rotatable bonds is 9.